The van der Waals surface area contributed by atoms with Gasteiger partial charge in [0.2, 0.25) is 5.82 Å². The molecule has 3 aromatic rings. The van der Waals surface area contributed by atoms with E-state index in [1.807, 2.05) is 0 Å². The van der Waals surface area contributed by atoms with Gasteiger partial charge in [-0.2, -0.15) is 4.39 Å². The number of fused-ring (bicyclic) bond motifs is 2. The normalized spacial score (nSPS) is 11.6. The lowest BCUT2D eigenvalue weighted by atomic mass is 9.99. The van der Waals surface area contributed by atoms with Crippen molar-refractivity contribution in [2.75, 3.05) is 0 Å². The van der Waals surface area contributed by atoms with Crippen molar-refractivity contribution in [1.29, 1.82) is 0 Å². The smallest absolute Gasteiger partial charge is 0.204 e. The summed E-state index contributed by atoms with van der Waals surface area (Å²) in [7, 11) is 0. The maximum Gasteiger partial charge on any atom is 0.204 e. The van der Waals surface area contributed by atoms with Crippen LogP contribution in [-0.2, 0) is 0 Å². The minimum absolute atomic E-state index is 0.298. The quantitative estimate of drug-likeness (QED) is 0.210. The molecule has 0 aliphatic rings. The molecule has 0 spiro atoms. The molecule has 23 heavy (non-hydrogen) atoms. The second-order valence-corrected chi connectivity index (χ2v) is 4.62. The molecule has 3 aromatic carbocycles. The average molecular weight is 336 g/mol. The van der Waals surface area contributed by atoms with Gasteiger partial charge < -0.3 is 10.2 Å². The number of benzene rings is 3. The lowest BCUT2D eigenvalue weighted by molar-refractivity contribution is 0.369. The molecule has 0 saturated heterocycles. The summed E-state index contributed by atoms with van der Waals surface area (Å²) in [5, 5.41) is 13.8. The van der Waals surface area contributed by atoms with Gasteiger partial charge in [0, 0.05) is 10.8 Å². The molecule has 0 fully saturated rings. The Bertz CT molecular complexity index is 936. The van der Waals surface area contributed by atoms with Crippen molar-refractivity contribution < 1.29 is 40.9 Å². The standard InChI is InChI=1S/C14H3F7O2/c15-6-2-1-3-5(13(22)14(23)12(21)7(3)16)8(17)4(2)9(18)11(20)10(6)19/h1,22-23H. The molecule has 0 unspecified atom stereocenters. The summed E-state index contributed by atoms with van der Waals surface area (Å²) in [5.74, 6) is -17.6. The molecule has 2 N–H and O–H groups in total. The van der Waals surface area contributed by atoms with Crippen molar-refractivity contribution in [1.82, 2.24) is 0 Å². The third-order valence-electron chi connectivity index (χ3n) is 3.40. The molecule has 0 aromatic heterocycles. The Hall–Kier alpha value is -2.71. The summed E-state index contributed by atoms with van der Waals surface area (Å²) in [6.45, 7) is 0. The molecule has 0 amide bonds. The zero-order valence-corrected chi connectivity index (χ0v) is 10.6. The van der Waals surface area contributed by atoms with Crippen molar-refractivity contribution in [3.05, 3.63) is 46.8 Å². The van der Waals surface area contributed by atoms with E-state index in [-0.39, 0.29) is 0 Å². The van der Waals surface area contributed by atoms with Crippen LogP contribution < -0.4 is 0 Å². The van der Waals surface area contributed by atoms with Crippen LogP contribution in [0.3, 0.4) is 0 Å². The van der Waals surface area contributed by atoms with Crippen molar-refractivity contribution >= 4 is 21.5 Å². The van der Waals surface area contributed by atoms with E-state index in [0.717, 1.165) is 0 Å². The van der Waals surface area contributed by atoms with Crippen LogP contribution in [0.15, 0.2) is 6.07 Å². The second-order valence-electron chi connectivity index (χ2n) is 4.62. The second kappa shape index (κ2) is 4.64. The highest BCUT2D eigenvalue weighted by Crippen LogP contribution is 2.43. The van der Waals surface area contributed by atoms with Crippen LogP contribution in [0.4, 0.5) is 30.7 Å². The Labute approximate surface area is 122 Å². The van der Waals surface area contributed by atoms with Gasteiger partial charge in [-0.1, -0.05) is 0 Å². The minimum Gasteiger partial charge on any atom is -0.504 e. The average Bonchev–Trinajstić information content (AvgIpc) is 2.53. The SMILES string of the molecule is Oc1c(F)c(F)c2cc3c(F)c(F)c(F)c(F)c3c(F)c2c1O. The molecule has 0 radical (unpaired) electrons. The van der Waals surface area contributed by atoms with E-state index >= 15 is 0 Å². The predicted octanol–water partition coefficient (Wildman–Crippen LogP) is 4.38. The minimum atomic E-state index is -2.32. The predicted molar refractivity (Wildman–Crippen MR) is 64.5 cm³/mol. The molecule has 0 heterocycles. The highest BCUT2D eigenvalue weighted by atomic mass is 19.2. The first-order valence-electron chi connectivity index (χ1n) is 5.85. The van der Waals surface area contributed by atoms with Crippen LogP contribution in [0.25, 0.3) is 21.5 Å². The molecule has 120 valence electrons. The van der Waals surface area contributed by atoms with Crippen LogP contribution in [0.1, 0.15) is 0 Å². The zero-order chi connectivity index (χ0) is 17.2. The van der Waals surface area contributed by atoms with Gasteiger partial charge in [0.15, 0.2) is 40.6 Å². The van der Waals surface area contributed by atoms with E-state index in [4.69, 9.17) is 0 Å². The van der Waals surface area contributed by atoms with Crippen LogP contribution in [-0.4, -0.2) is 10.2 Å². The lowest BCUT2D eigenvalue weighted by Crippen LogP contribution is -2.02. The van der Waals surface area contributed by atoms with E-state index < -0.39 is 73.8 Å². The van der Waals surface area contributed by atoms with E-state index in [1.54, 1.807) is 0 Å². The fourth-order valence-electron chi connectivity index (χ4n) is 2.31. The first-order chi connectivity index (χ1) is 10.7. The lowest BCUT2D eigenvalue weighted by Gasteiger charge is -2.12. The van der Waals surface area contributed by atoms with Gasteiger partial charge in [0.1, 0.15) is 5.82 Å². The molecular weight excluding hydrogens is 333 g/mol. The topological polar surface area (TPSA) is 40.5 Å². The van der Waals surface area contributed by atoms with Gasteiger partial charge in [-0.3, -0.25) is 0 Å². The number of phenols is 2. The summed E-state index contributed by atoms with van der Waals surface area (Å²) in [5.41, 5.74) is 0. The number of hydrogen-bond donors (Lipinski definition) is 2. The van der Waals surface area contributed by atoms with Gasteiger partial charge in [-0.05, 0) is 6.07 Å². The molecular formula is C14H3F7O2. The maximum absolute atomic E-state index is 14.3. The summed E-state index contributed by atoms with van der Waals surface area (Å²) in [4.78, 5) is 0. The van der Waals surface area contributed by atoms with Crippen molar-refractivity contribution in [3.63, 3.8) is 0 Å². The Morgan fingerprint density at radius 3 is 1.57 bits per heavy atom. The fourth-order valence-corrected chi connectivity index (χ4v) is 2.31. The molecule has 9 heteroatoms. The molecule has 0 bridgehead atoms. The monoisotopic (exact) mass is 336 g/mol. The van der Waals surface area contributed by atoms with Crippen molar-refractivity contribution in [2.45, 2.75) is 0 Å². The van der Waals surface area contributed by atoms with Crippen LogP contribution in [0, 0.1) is 40.7 Å². The van der Waals surface area contributed by atoms with E-state index in [0.29, 0.717) is 6.07 Å². The highest BCUT2D eigenvalue weighted by molar-refractivity contribution is 6.03. The molecule has 2 nitrogen and oxygen atoms in total. The first kappa shape index (κ1) is 15.2. The fraction of sp³-hybridized carbons (Fsp3) is 0. The zero-order valence-electron chi connectivity index (χ0n) is 10.6. The third-order valence-corrected chi connectivity index (χ3v) is 3.40. The number of phenolic OH excluding ortho intramolecular Hbond substituents is 2. The highest BCUT2D eigenvalue weighted by Gasteiger charge is 2.28. The van der Waals surface area contributed by atoms with Crippen molar-refractivity contribution in [3.8, 4) is 11.5 Å². The number of halogens is 7. The van der Waals surface area contributed by atoms with Crippen molar-refractivity contribution in [2.24, 2.45) is 0 Å². The maximum atomic E-state index is 14.3. The number of aromatic hydroxyl groups is 2. The third kappa shape index (κ3) is 1.76. The van der Waals surface area contributed by atoms with Gasteiger partial charge >= 0.3 is 0 Å². The van der Waals surface area contributed by atoms with Crippen LogP contribution in [0.5, 0.6) is 11.5 Å². The van der Waals surface area contributed by atoms with Gasteiger partial charge in [0.05, 0.1) is 10.8 Å². The summed E-state index contributed by atoms with van der Waals surface area (Å²) in [6, 6.07) is 0.298. The summed E-state index contributed by atoms with van der Waals surface area (Å²) < 4.78 is 95.3. The largest absolute Gasteiger partial charge is 0.504 e. The van der Waals surface area contributed by atoms with Crippen LogP contribution >= 0.6 is 0 Å². The van der Waals surface area contributed by atoms with E-state index in [1.165, 1.54) is 0 Å². The van der Waals surface area contributed by atoms with E-state index in [9.17, 15) is 40.9 Å². The Balaban J connectivity index is 2.73. The van der Waals surface area contributed by atoms with Gasteiger partial charge in [-0.15, -0.1) is 0 Å². The number of rotatable bonds is 0. The Morgan fingerprint density at radius 2 is 0.957 bits per heavy atom. The summed E-state index contributed by atoms with van der Waals surface area (Å²) in [6.07, 6.45) is 0. The number of hydrogen-bond acceptors (Lipinski definition) is 2. The summed E-state index contributed by atoms with van der Waals surface area (Å²) >= 11 is 0. The molecule has 0 atom stereocenters. The van der Waals surface area contributed by atoms with Crippen LogP contribution in [0.2, 0.25) is 0 Å². The molecule has 0 aliphatic heterocycles. The molecule has 0 saturated carbocycles. The Morgan fingerprint density at radius 1 is 0.478 bits per heavy atom. The van der Waals surface area contributed by atoms with Gasteiger partial charge in [0.25, 0.3) is 0 Å². The molecule has 0 aliphatic carbocycles. The molecule has 3 rings (SSSR count). The van der Waals surface area contributed by atoms with E-state index in [2.05, 4.69) is 0 Å². The first-order valence-corrected chi connectivity index (χ1v) is 5.85. The Kier molecular flexibility index (Phi) is 3.07. The van der Waals surface area contributed by atoms with Gasteiger partial charge in [-0.25, -0.2) is 26.3 Å².